The molecule has 1 fully saturated rings. The van der Waals surface area contributed by atoms with Crippen LogP contribution in [0.15, 0.2) is 24.3 Å². The molecule has 3 heterocycles. The summed E-state index contributed by atoms with van der Waals surface area (Å²) < 4.78 is 39.0. The minimum atomic E-state index is -4.69. The molecule has 7 nitrogen and oxygen atoms in total. The van der Waals surface area contributed by atoms with E-state index < -0.39 is 17.9 Å². The number of carbonyl (C=O) groups excluding carboxylic acids is 1. The Morgan fingerprint density at radius 3 is 2.46 bits per heavy atom. The van der Waals surface area contributed by atoms with Gasteiger partial charge in [0.2, 0.25) is 9.97 Å². The maximum absolute atomic E-state index is 12.8. The number of nitrogens with zero attached hydrogens (tertiary/aromatic N) is 5. The van der Waals surface area contributed by atoms with Crippen LogP contribution in [0.3, 0.4) is 0 Å². The molecule has 0 bridgehead atoms. The molecule has 1 aromatic carbocycles. The summed E-state index contributed by atoms with van der Waals surface area (Å²) in [5, 5.41) is 12.7. The third kappa shape index (κ3) is 3.09. The quantitative estimate of drug-likeness (QED) is 0.754. The van der Waals surface area contributed by atoms with E-state index in [4.69, 9.17) is 0 Å². The number of fused-ring (bicyclic) bond motifs is 1. The summed E-state index contributed by atoms with van der Waals surface area (Å²) in [5.41, 5.74) is 1.62. The SMILES string of the molecule is O=C(Nc1ccc(N2CCCC2)cc1)c1nn2c(C(F)(F)F)nnc2s1. The Morgan fingerprint density at radius 1 is 1.12 bits per heavy atom. The molecule has 0 atom stereocenters. The van der Waals surface area contributed by atoms with Crippen LogP contribution in [0, 0.1) is 0 Å². The molecule has 0 spiro atoms. The second-order valence-electron chi connectivity index (χ2n) is 5.82. The van der Waals surface area contributed by atoms with Crippen molar-refractivity contribution in [3.8, 4) is 0 Å². The van der Waals surface area contributed by atoms with Crippen molar-refractivity contribution in [1.82, 2.24) is 19.8 Å². The lowest BCUT2D eigenvalue weighted by atomic mass is 10.2. The minimum absolute atomic E-state index is 0.0909. The Balaban J connectivity index is 1.51. The van der Waals surface area contributed by atoms with Crippen LogP contribution in [-0.2, 0) is 6.18 Å². The van der Waals surface area contributed by atoms with Crippen LogP contribution in [0.25, 0.3) is 4.96 Å². The van der Waals surface area contributed by atoms with Crippen LogP contribution in [-0.4, -0.2) is 38.8 Å². The number of alkyl halides is 3. The van der Waals surface area contributed by atoms with E-state index >= 15 is 0 Å². The molecule has 0 saturated carbocycles. The van der Waals surface area contributed by atoms with Crippen LogP contribution in [0.5, 0.6) is 0 Å². The average Bonchev–Trinajstić information content (AvgIpc) is 3.31. The van der Waals surface area contributed by atoms with E-state index in [2.05, 4.69) is 25.5 Å². The lowest BCUT2D eigenvalue weighted by Crippen LogP contribution is -2.17. The number of carbonyl (C=O) groups is 1. The predicted octanol–water partition coefficient (Wildman–Crippen LogP) is 3.06. The molecule has 11 heteroatoms. The number of rotatable bonds is 3. The Morgan fingerprint density at radius 2 is 1.81 bits per heavy atom. The summed E-state index contributed by atoms with van der Waals surface area (Å²) in [4.78, 5) is 14.4. The fraction of sp³-hybridized carbons (Fsp3) is 0.333. The summed E-state index contributed by atoms with van der Waals surface area (Å²) in [6, 6.07) is 7.32. The van der Waals surface area contributed by atoms with E-state index in [1.165, 1.54) is 12.8 Å². The third-order valence-electron chi connectivity index (χ3n) is 4.04. The minimum Gasteiger partial charge on any atom is -0.372 e. The lowest BCUT2D eigenvalue weighted by Gasteiger charge is -2.17. The van der Waals surface area contributed by atoms with Crippen LogP contribution in [0.4, 0.5) is 24.5 Å². The number of hydrogen-bond donors (Lipinski definition) is 1. The monoisotopic (exact) mass is 382 g/mol. The molecule has 1 amide bonds. The smallest absolute Gasteiger partial charge is 0.372 e. The summed E-state index contributed by atoms with van der Waals surface area (Å²) in [6.07, 6.45) is -2.36. The van der Waals surface area contributed by atoms with Crippen LogP contribution < -0.4 is 10.2 Å². The highest BCUT2D eigenvalue weighted by molar-refractivity contribution is 7.18. The Bertz CT molecular complexity index is 943. The van der Waals surface area contributed by atoms with Gasteiger partial charge in [-0.1, -0.05) is 11.3 Å². The highest BCUT2D eigenvalue weighted by atomic mass is 32.1. The van der Waals surface area contributed by atoms with Crippen molar-refractivity contribution in [2.24, 2.45) is 0 Å². The zero-order chi connectivity index (χ0) is 18.3. The van der Waals surface area contributed by atoms with Gasteiger partial charge in [0.1, 0.15) is 0 Å². The molecule has 1 aliphatic rings. The van der Waals surface area contributed by atoms with Crippen LogP contribution in [0.2, 0.25) is 0 Å². The molecule has 1 saturated heterocycles. The topological polar surface area (TPSA) is 75.4 Å². The molecular weight excluding hydrogens is 369 g/mol. The first-order valence-electron chi connectivity index (χ1n) is 7.87. The molecular formula is C15H13F3N6OS. The molecule has 26 heavy (non-hydrogen) atoms. The summed E-state index contributed by atoms with van der Waals surface area (Å²) in [6.45, 7) is 2.03. The van der Waals surface area contributed by atoms with E-state index in [-0.39, 0.29) is 9.97 Å². The number of aromatic nitrogens is 4. The van der Waals surface area contributed by atoms with E-state index in [1.807, 2.05) is 12.1 Å². The van der Waals surface area contributed by atoms with Gasteiger partial charge in [-0.25, -0.2) is 0 Å². The van der Waals surface area contributed by atoms with Gasteiger partial charge in [0.05, 0.1) is 0 Å². The van der Waals surface area contributed by atoms with Crippen molar-refractivity contribution >= 4 is 33.6 Å². The van der Waals surface area contributed by atoms with Gasteiger partial charge in [-0.15, -0.1) is 15.3 Å². The molecule has 2 aromatic heterocycles. The van der Waals surface area contributed by atoms with E-state index in [1.54, 1.807) is 12.1 Å². The fourth-order valence-corrected chi connectivity index (χ4v) is 3.54. The van der Waals surface area contributed by atoms with Crippen molar-refractivity contribution in [1.29, 1.82) is 0 Å². The highest BCUT2D eigenvalue weighted by Gasteiger charge is 2.38. The third-order valence-corrected chi connectivity index (χ3v) is 4.93. The molecule has 4 rings (SSSR count). The first kappa shape index (κ1) is 16.8. The number of amides is 1. The van der Waals surface area contributed by atoms with Gasteiger partial charge in [0, 0.05) is 24.5 Å². The van der Waals surface area contributed by atoms with Gasteiger partial charge in [-0.3, -0.25) is 4.79 Å². The summed E-state index contributed by atoms with van der Waals surface area (Å²) >= 11 is 0.743. The summed E-state index contributed by atoms with van der Waals surface area (Å²) in [7, 11) is 0. The zero-order valence-corrected chi connectivity index (χ0v) is 14.1. The van der Waals surface area contributed by atoms with Gasteiger partial charge in [-0.2, -0.15) is 17.7 Å². The first-order valence-corrected chi connectivity index (χ1v) is 8.69. The first-order chi connectivity index (χ1) is 12.4. The molecule has 0 unspecified atom stereocenters. The second kappa shape index (κ2) is 6.24. The Labute approximate surface area is 149 Å². The highest BCUT2D eigenvalue weighted by Crippen LogP contribution is 2.29. The van der Waals surface area contributed by atoms with Gasteiger partial charge in [-0.05, 0) is 37.1 Å². The standard InChI is InChI=1S/C15H13F3N6OS/c16-15(17,18)13-20-21-14-24(13)22-12(26-14)11(25)19-9-3-5-10(6-4-9)23-7-1-2-8-23/h3-6H,1-2,7-8H2,(H,19,25). The molecule has 1 N–H and O–H groups in total. The molecule has 136 valence electrons. The maximum Gasteiger partial charge on any atom is 0.453 e. The van der Waals surface area contributed by atoms with Crippen molar-refractivity contribution < 1.29 is 18.0 Å². The average molecular weight is 382 g/mol. The van der Waals surface area contributed by atoms with Crippen molar-refractivity contribution in [3.05, 3.63) is 35.1 Å². The predicted molar refractivity (Wildman–Crippen MR) is 89.5 cm³/mol. The van der Waals surface area contributed by atoms with Crippen molar-refractivity contribution in [2.75, 3.05) is 23.3 Å². The number of hydrogen-bond acceptors (Lipinski definition) is 6. The molecule has 1 aliphatic heterocycles. The lowest BCUT2D eigenvalue weighted by molar-refractivity contribution is -0.146. The molecule has 0 aliphatic carbocycles. The van der Waals surface area contributed by atoms with E-state index in [0.717, 1.165) is 30.1 Å². The van der Waals surface area contributed by atoms with Gasteiger partial charge in [0.15, 0.2) is 0 Å². The molecule has 0 radical (unpaired) electrons. The Hall–Kier alpha value is -2.69. The van der Waals surface area contributed by atoms with Gasteiger partial charge in [0.25, 0.3) is 11.7 Å². The normalized spacial score (nSPS) is 15.0. The van der Waals surface area contributed by atoms with Gasteiger partial charge >= 0.3 is 6.18 Å². The van der Waals surface area contributed by atoms with E-state index in [9.17, 15) is 18.0 Å². The van der Waals surface area contributed by atoms with E-state index in [0.29, 0.717) is 10.2 Å². The number of nitrogens with one attached hydrogen (secondary N) is 1. The number of benzene rings is 1. The van der Waals surface area contributed by atoms with Crippen molar-refractivity contribution in [2.45, 2.75) is 19.0 Å². The van der Waals surface area contributed by atoms with Gasteiger partial charge < -0.3 is 10.2 Å². The van der Waals surface area contributed by atoms with Crippen molar-refractivity contribution in [3.63, 3.8) is 0 Å². The largest absolute Gasteiger partial charge is 0.453 e. The number of halogens is 3. The number of anilines is 2. The fourth-order valence-electron chi connectivity index (χ4n) is 2.80. The zero-order valence-electron chi connectivity index (χ0n) is 13.3. The second-order valence-corrected chi connectivity index (χ2v) is 6.77. The Kier molecular flexibility index (Phi) is 4.02. The van der Waals surface area contributed by atoms with Crippen LogP contribution >= 0.6 is 11.3 Å². The summed E-state index contributed by atoms with van der Waals surface area (Å²) in [5.74, 6) is -1.85. The molecule has 3 aromatic rings. The maximum atomic E-state index is 12.8. The van der Waals surface area contributed by atoms with Crippen LogP contribution in [0.1, 0.15) is 28.5 Å².